The lowest BCUT2D eigenvalue weighted by Crippen LogP contribution is -2.10. The van der Waals surface area contributed by atoms with Crippen LogP contribution in [0.3, 0.4) is 0 Å². The Balaban J connectivity index is 1.97. The van der Waals surface area contributed by atoms with Crippen molar-refractivity contribution in [3.63, 3.8) is 0 Å². The minimum atomic E-state index is 0.844. The van der Waals surface area contributed by atoms with Gasteiger partial charge in [-0.05, 0) is 24.7 Å². The molecule has 0 bridgehead atoms. The molecule has 18 heavy (non-hydrogen) atoms. The summed E-state index contributed by atoms with van der Waals surface area (Å²) in [5.74, 6) is 0.888. The highest BCUT2D eigenvalue weighted by atomic mass is 16.5. The molecule has 0 fully saturated rings. The number of rotatable bonds is 6. The fourth-order valence-corrected chi connectivity index (χ4v) is 1.82. The van der Waals surface area contributed by atoms with Crippen molar-refractivity contribution in [1.82, 2.24) is 14.9 Å². The molecule has 0 aliphatic rings. The molecule has 0 spiro atoms. The third-order valence-corrected chi connectivity index (χ3v) is 2.84. The highest BCUT2D eigenvalue weighted by molar-refractivity contribution is 5.27. The summed E-state index contributed by atoms with van der Waals surface area (Å²) in [6, 6.07) is 8.11. The largest absolute Gasteiger partial charge is 0.497 e. The number of aromatic nitrogens is 2. The van der Waals surface area contributed by atoms with Gasteiger partial charge in [0.15, 0.2) is 0 Å². The van der Waals surface area contributed by atoms with E-state index in [1.165, 1.54) is 5.56 Å². The molecule has 1 aromatic heterocycles. The summed E-state index contributed by atoms with van der Waals surface area (Å²) in [7, 11) is 3.63. The van der Waals surface area contributed by atoms with Crippen LogP contribution in [0, 0.1) is 0 Å². The Morgan fingerprint density at radius 3 is 2.72 bits per heavy atom. The number of benzene rings is 1. The Kier molecular flexibility index (Phi) is 4.36. The van der Waals surface area contributed by atoms with Gasteiger partial charge in [-0.3, -0.25) is 0 Å². The predicted octanol–water partition coefficient (Wildman–Crippen LogP) is 1.70. The first-order chi connectivity index (χ1) is 8.81. The molecule has 4 heteroatoms. The van der Waals surface area contributed by atoms with Crippen molar-refractivity contribution in [3.05, 3.63) is 48.0 Å². The van der Waals surface area contributed by atoms with Gasteiger partial charge in [0.05, 0.1) is 19.1 Å². The second-order valence-electron chi connectivity index (χ2n) is 4.24. The summed E-state index contributed by atoms with van der Waals surface area (Å²) in [6.07, 6.45) is 4.95. The molecule has 1 N–H and O–H groups in total. The quantitative estimate of drug-likeness (QED) is 0.842. The minimum Gasteiger partial charge on any atom is -0.497 e. The lowest BCUT2D eigenvalue weighted by molar-refractivity contribution is 0.414. The molecule has 0 aliphatic heterocycles. The molecule has 96 valence electrons. The van der Waals surface area contributed by atoms with Crippen molar-refractivity contribution in [2.45, 2.75) is 13.0 Å². The van der Waals surface area contributed by atoms with Crippen LogP contribution in [-0.2, 0) is 13.0 Å². The Hall–Kier alpha value is -1.81. The molecule has 0 saturated carbocycles. The van der Waals surface area contributed by atoms with Crippen molar-refractivity contribution >= 4 is 0 Å². The average Bonchev–Trinajstić information content (AvgIpc) is 2.85. The van der Waals surface area contributed by atoms with Gasteiger partial charge in [-0.2, -0.15) is 0 Å². The van der Waals surface area contributed by atoms with E-state index < -0.39 is 0 Å². The summed E-state index contributed by atoms with van der Waals surface area (Å²) in [4.78, 5) is 4.38. The topological polar surface area (TPSA) is 39.1 Å². The van der Waals surface area contributed by atoms with E-state index in [0.717, 1.165) is 31.0 Å². The van der Waals surface area contributed by atoms with E-state index >= 15 is 0 Å². The average molecular weight is 245 g/mol. The van der Waals surface area contributed by atoms with Crippen LogP contribution in [0.25, 0.3) is 0 Å². The summed E-state index contributed by atoms with van der Waals surface area (Å²) < 4.78 is 7.25. The zero-order chi connectivity index (χ0) is 12.8. The number of likely N-dealkylation sites (N-methyl/N-ethyl adjacent to an activating group) is 1. The van der Waals surface area contributed by atoms with Gasteiger partial charge >= 0.3 is 0 Å². The van der Waals surface area contributed by atoms with Gasteiger partial charge in [-0.15, -0.1) is 0 Å². The zero-order valence-electron chi connectivity index (χ0n) is 10.9. The second kappa shape index (κ2) is 6.21. The fourth-order valence-electron chi connectivity index (χ4n) is 1.82. The van der Waals surface area contributed by atoms with Crippen LogP contribution in [0.5, 0.6) is 5.75 Å². The molecule has 0 atom stereocenters. The highest BCUT2D eigenvalue weighted by Gasteiger charge is 2.00. The molecule has 0 unspecified atom stereocenters. The van der Waals surface area contributed by atoms with E-state index in [1.54, 1.807) is 7.11 Å². The molecular formula is C14H19N3O. The van der Waals surface area contributed by atoms with E-state index in [0.29, 0.717) is 0 Å². The standard InChI is InChI=1S/C14H19N3O/c1-15-8-7-13-10-17(11-16-13)9-12-3-5-14(18-2)6-4-12/h3-6,10-11,15H,7-9H2,1-2H3. The first kappa shape index (κ1) is 12.6. The van der Waals surface area contributed by atoms with Crippen molar-refractivity contribution in [2.75, 3.05) is 20.7 Å². The molecule has 0 radical (unpaired) electrons. The van der Waals surface area contributed by atoms with Crippen molar-refractivity contribution < 1.29 is 4.74 Å². The number of ether oxygens (including phenoxy) is 1. The van der Waals surface area contributed by atoms with Crippen LogP contribution in [0.2, 0.25) is 0 Å². The highest BCUT2D eigenvalue weighted by Crippen LogP contribution is 2.12. The number of methoxy groups -OCH3 is 1. The molecule has 2 rings (SSSR count). The number of imidazole rings is 1. The van der Waals surface area contributed by atoms with Gasteiger partial charge in [0, 0.05) is 25.7 Å². The van der Waals surface area contributed by atoms with Crippen LogP contribution < -0.4 is 10.1 Å². The van der Waals surface area contributed by atoms with Crippen molar-refractivity contribution in [1.29, 1.82) is 0 Å². The third kappa shape index (κ3) is 3.34. The van der Waals surface area contributed by atoms with E-state index in [2.05, 4.69) is 33.2 Å². The number of hydrogen-bond acceptors (Lipinski definition) is 3. The summed E-state index contributed by atoms with van der Waals surface area (Å²) in [6.45, 7) is 1.80. The van der Waals surface area contributed by atoms with Crippen LogP contribution in [0.4, 0.5) is 0 Å². The summed E-state index contributed by atoms with van der Waals surface area (Å²) in [5.41, 5.74) is 2.37. The summed E-state index contributed by atoms with van der Waals surface area (Å²) in [5, 5.41) is 3.12. The van der Waals surface area contributed by atoms with E-state index in [9.17, 15) is 0 Å². The molecule has 0 saturated heterocycles. The monoisotopic (exact) mass is 245 g/mol. The molecule has 0 aliphatic carbocycles. The van der Waals surface area contributed by atoms with Gasteiger partial charge in [0.2, 0.25) is 0 Å². The SMILES string of the molecule is CNCCc1cn(Cc2ccc(OC)cc2)cn1. The van der Waals surface area contributed by atoms with Gasteiger partial charge in [-0.1, -0.05) is 12.1 Å². The summed E-state index contributed by atoms with van der Waals surface area (Å²) >= 11 is 0. The molecule has 1 heterocycles. The third-order valence-electron chi connectivity index (χ3n) is 2.84. The van der Waals surface area contributed by atoms with E-state index in [-0.39, 0.29) is 0 Å². The van der Waals surface area contributed by atoms with Crippen molar-refractivity contribution in [3.8, 4) is 5.75 Å². The Morgan fingerprint density at radius 2 is 2.06 bits per heavy atom. The lowest BCUT2D eigenvalue weighted by atomic mass is 10.2. The van der Waals surface area contributed by atoms with Crippen LogP contribution in [0.15, 0.2) is 36.8 Å². The second-order valence-corrected chi connectivity index (χ2v) is 4.24. The maximum atomic E-state index is 5.14. The maximum absolute atomic E-state index is 5.14. The maximum Gasteiger partial charge on any atom is 0.118 e. The molecule has 1 aromatic carbocycles. The molecule has 0 amide bonds. The van der Waals surface area contributed by atoms with E-state index in [1.807, 2.05) is 25.5 Å². The Morgan fingerprint density at radius 1 is 1.28 bits per heavy atom. The lowest BCUT2D eigenvalue weighted by Gasteiger charge is -2.04. The fraction of sp³-hybridized carbons (Fsp3) is 0.357. The smallest absolute Gasteiger partial charge is 0.118 e. The minimum absolute atomic E-state index is 0.844. The normalized spacial score (nSPS) is 10.6. The van der Waals surface area contributed by atoms with Gasteiger partial charge in [0.25, 0.3) is 0 Å². The van der Waals surface area contributed by atoms with E-state index in [4.69, 9.17) is 4.74 Å². The van der Waals surface area contributed by atoms with Gasteiger partial charge in [0.1, 0.15) is 5.75 Å². The molecule has 2 aromatic rings. The Bertz CT molecular complexity index is 476. The van der Waals surface area contributed by atoms with Gasteiger partial charge < -0.3 is 14.6 Å². The number of nitrogens with one attached hydrogen (secondary N) is 1. The van der Waals surface area contributed by atoms with Crippen LogP contribution in [-0.4, -0.2) is 30.3 Å². The Labute approximate surface area is 108 Å². The predicted molar refractivity (Wildman–Crippen MR) is 72.0 cm³/mol. The zero-order valence-corrected chi connectivity index (χ0v) is 10.9. The van der Waals surface area contributed by atoms with Crippen LogP contribution >= 0.6 is 0 Å². The number of hydrogen-bond donors (Lipinski definition) is 1. The van der Waals surface area contributed by atoms with Gasteiger partial charge in [-0.25, -0.2) is 4.98 Å². The first-order valence-electron chi connectivity index (χ1n) is 6.10. The van der Waals surface area contributed by atoms with Crippen molar-refractivity contribution in [2.24, 2.45) is 0 Å². The number of nitrogens with zero attached hydrogens (tertiary/aromatic N) is 2. The molecule has 4 nitrogen and oxygen atoms in total. The first-order valence-corrected chi connectivity index (χ1v) is 6.10. The van der Waals surface area contributed by atoms with Crippen LogP contribution in [0.1, 0.15) is 11.3 Å². The molecular weight excluding hydrogens is 226 g/mol.